The molecule has 4 heterocycles. The van der Waals surface area contributed by atoms with Gasteiger partial charge in [0.05, 0.1) is 11.0 Å². The van der Waals surface area contributed by atoms with E-state index in [2.05, 4.69) is 259 Å². The first kappa shape index (κ1) is 38.7. The molecule has 5 unspecified atom stereocenters. The second-order valence-corrected chi connectivity index (χ2v) is 19.5. The van der Waals surface area contributed by atoms with Gasteiger partial charge in [-0.15, -0.1) is 0 Å². The molecule has 2 aliphatic carbocycles. The van der Waals surface area contributed by atoms with Gasteiger partial charge in [0.1, 0.15) is 0 Å². The maximum atomic E-state index is 2.57. The summed E-state index contributed by atoms with van der Waals surface area (Å²) in [6, 6.07) is 73.7. The summed E-state index contributed by atoms with van der Waals surface area (Å²) in [5.41, 5.74) is 18.5. The SMILES string of the molecule is CC1c2ccccc2N(c2ccc(B3c4ccccc4C4(c5ccccc5B(c5ccc(-n6c7ccccc7c7ccccc76)cc5)C5C=CC=CC54)C4C=CC=CC34)cc2)c2ccccc21. The topological polar surface area (TPSA) is 8.17 Å². The summed E-state index contributed by atoms with van der Waals surface area (Å²) in [6.45, 7) is 2.74. The molecule has 1 aromatic heterocycles. The molecule has 5 atom stereocenters. The van der Waals surface area contributed by atoms with Crippen LogP contribution >= 0.6 is 0 Å². The first-order chi connectivity index (χ1) is 33.2. The second-order valence-electron chi connectivity index (χ2n) is 19.5. The van der Waals surface area contributed by atoms with E-state index < -0.39 is 0 Å². The smallest absolute Gasteiger partial charge is 0.217 e. The van der Waals surface area contributed by atoms with Crippen molar-refractivity contribution in [1.29, 1.82) is 0 Å². The number of anilines is 3. The minimum Gasteiger partial charge on any atom is -0.310 e. The third-order valence-corrected chi connectivity index (χ3v) is 16.5. The fraction of sp³-hybridized carbons (Fsp3) is 0.111. The highest BCUT2D eigenvalue weighted by atomic mass is 15.2. The largest absolute Gasteiger partial charge is 0.310 e. The van der Waals surface area contributed by atoms with Crippen LogP contribution in [0.25, 0.3) is 27.5 Å². The van der Waals surface area contributed by atoms with Crippen molar-refractivity contribution in [3.8, 4) is 5.69 Å². The van der Waals surface area contributed by atoms with Gasteiger partial charge < -0.3 is 9.47 Å². The van der Waals surface area contributed by atoms with Crippen LogP contribution in [0.3, 0.4) is 0 Å². The van der Waals surface area contributed by atoms with E-state index in [4.69, 9.17) is 0 Å². The lowest BCUT2D eigenvalue weighted by molar-refractivity contribution is 0.281. The van der Waals surface area contributed by atoms with E-state index in [0.29, 0.717) is 5.92 Å². The number of aromatic nitrogens is 1. The maximum Gasteiger partial charge on any atom is 0.217 e. The Hall–Kier alpha value is -7.55. The first-order valence-electron chi connectivity index (χ1n) is 24.3. The van der Waals surface area contributed by atoms with E-state index in [9.17, 15) is 0 Å². The third-order valence-electron chi connectivity index (χ3n) is 16.5. The third kappa shape index (κ3) is 5.47. The lowest BCUT2D eigenvalue weighted by Crippen LogP contribution is -2.67. The van der Waals surface area contributed by atoms with Gasteiger partial charge in [0.25, 0.3) is 0 Å². The van der Waals surface area contributed by atoms with Crippen LogP contribution in [0.4, 0.5) is 17.1 Å². The monoisotopic (exact) mass is 854 g/mol. The van der Waals surface area contributed by atoms with Crippen molar-refractivity contribution in [2.45, 2.75) is 29.9 Å². The van der Waals surface area contributed by atoms with Crippen molar-refractivity contribution in [3.63, 3.8) is 0 Å². The Labute approximate surface area is 394 Å². The predicted octanol–water partition coefficient (Wildman–Crippen LogP) is 12.5. The molecule has 5 aliphatic rings. The molecule has 0 amide bonds. The Balaban J connectivity index is 0.899. The van der Waals surface area contributed by atoms with Crippen molar-refractivity contribution >= 4 is 74.1 Å². The molecule has 0 radical (unpaired) electrons. The van der Waals surface area contributed by atoms with Gasteiger partial charge in [-0.2, -0.15) is 0 Å². The first-order valence-corrected chi connectivity index (χ1v) is 24.3. The van der Waals surface area contributed by atoms with Gasteiger partial charge in [-0.1, -0.05) is 223 Å². The Kier molecular flexibility index (Phi) is 8.66. The van der Waals surface area contributed by atoms with E-state index in [-0.39, 0.29) is 42.3 Å². The number of nitrogens with zero attached hydrogens (tertiary/aromatic N) is 2. The quantitative estimate of drug-likeness (QED) is 0.160. The molecule has 316 valence electrons. The van der Waals surface area contributed by atoms with Crippen LogP contribution in [-0.4, -0.2) is 18.0 Å². The van der Waals surface area contributed by atoms with Gasteiger partial charge in [-0.25, -0.2) is 0 Å². The predicted molar refractivity (Wildman–Crippen MR) is 284 cm³/mol. The van der Waals surface area contributed by atoms with E-state index in [1.807, 2.05) is 0 Å². The van der Waals surface area contributed by atoms with E-state index >= 15 is 0 Å². The molecule has 0 saturated heterocycles. The molecule has 0 saturated carbocycles. The van der Waals surface area contributed by atoms with E-state index in [1.54, 1.807) is 0 Å². The highest BCUT2D eigenvalue weighted by molar-refractivity contribution is 6.88. The standard InChI is InChI=1S/C63H48B2N2/c1-42-47-18-2-14-30-59(47)66(60-31-15-3-19-48(42)60)45-38-34-43(35-39-45)64-55-26-10-6-22-51(55)63(52-23-7-11-27-56(52)64)53-24-8-12-28-57(53)65(58-29-13-9-25-54(58)63)44-36-40-46(41-37-44)67-61-32-16-4-20-49(61)50-21-5-17-33-62(50)67/h2-42,51,53,55,57H,1H3. The minimum atomic E-state index is -0.279. The summed E-state index contributed by atoms with van der Waals surface area (Å²) in [7, 11) is 0. The molecular weight excluding hydrogens is 806 g/mol. The van der Waals surface area contributed by atoms with Crippen LogP contribution in [0.5, 0.6) is 0 Å². The summed E-state index contributed by atoms with van der Waals surface area (Å²) in [5.74, 6) is 1.34. The van der Waals surface area contributed by atoms with Crippen LogP contribution in [-0.2, 0) is 5.41 Å². The van der Waals surface area contributed by atoms with Gasteiger partial charge in [-0.3, -0.25) is 0 Å². The number of fused-ring (bicyclic) bond motifs is 13. The van der Waals surface area contributed by atoms with E-state index in [1.165, 1.54) is 88.7 Å². The Bertz CT molecular complexity index is 3460. The van der Waals surface area contributed by atoms with Crippen molar-refractivity contribution in [2.75, 3.05) is 4.90 Å². The number of hydrogen-bond donors (Lipinski definition) is 0. The average molecular weight is 855 g/mol. The van der Waals surface area contributed by atoms with Crippen LogP contribution in [0.15, 0.2) is 243 Å². The van der Waals surface area contributed by atoms with Crippen LogP contribution in [0.2, 0.25) is 11.6 Å². The summed E-state index contributed by atoms with van der Waals surface area (Å²) in [4.78, 5) is 2.47. The number of benzene rings is 8. The highest BCUT2D eigenvalue weighted by Crippen LogP contribution is 2.60. The molecule has 8 aromatic carbocycles. The van der Waals surface area contributed by atoms with Gasteiger partial charge >= 0.3 is 0 Å². The molecular formula is C63H48B2N2. The molecule has 0 bridgehead atoms. The van der Waals surface area contributed by atoms with Crippen LogP contribution < -0.4 is 26.8 Å². The zero-order valence-electron chi connectivity index (χ0n) is 37.5. The van der Waals surface area contributed by atoms with Crippen molar-refractivity contribution in [3.05, 3.63) is 265 Å². The summed E-state index contributed by atoms with van der Waals surface area (Å²) in [5, 5.41) is 2.58. The zero-order chi connectivity index (χ0) is 44.2. The number of rotatable bonds is 4. The number of para-hydroxylation sites is 4. The van der Waals surface area contributed by atoms with Gasteiger partial charge in [0, 0.05) is 44.9 Å². The van der Waals surface area contributed by atoms with Crippen molar-refractivity contribution < 1.29 is 0 Å². The average Bonchev–Trinajstić information content (AvgIpc) is 3.73. The highest BCUT2D eigenvalue weighted by Gasteiger charge is 2.61. The molecule has 0 fully saturated rings. The normalized spacial score (nSPS) is 22.1. The Morgan fingerprint density at radius 1 is 0.403 bits per heavy atom. The summed E-state index contributed by atoms with van der Waals surface area (Å²) >= 11 is 0. The maximum absolute atomic E-state index is 2.57. The minimum absolute atomic E-state index is 0.197. The molecule has 3 aliphatic heterocycles. The van der Waals surface area contributed by atoms with Gasteiger partial charge in [-0.05, 0) is 94.3 Å². The molecule has 4 heteroatoms. The fourth-order valence-corrected chi connectivity index (χ4v) is 13.9. The molecule has 0 N–H and O–H groups in total. The van der Waals surface area contributed by atoms with Gasteiger partial charge in [0.2, 0.25) is 13.4 Å². The zero-order valence-corrected chi connectivity index (χ0v) is 37.5. The van der Waals surface area contributed by atoms with Crippen molar-refractivity contribution in [1.82, 2.24) is 4.57 Å². The Morgan fingerprint density at radius 2 is 0.821 bits per heavy atom. The summed E-state index contributed by atoms with van der Waals surface area (Å²) < 4.78 is 2.43. The van der Waals surface area contributed by atoms with Crippen LogP contribution in [0.1, 0.15) is 35.1 Å². The van der Waals surface area contributed by atoms with Crippen molar-refractivity contribution in [2.24, 2.45) is 11.8 Å². The van der Waals surface area contributed by atoms with Gasteiger partial charge in [0.15, 0.2) is 0 Å². The molecule has 1 spiro atoms. The molecule has 9 aromatic rings. The van der Waals surface area contributed by atoms with E-state index in [0.717, 1.165) is 0 Å². The number of hydrogen-bond acceptors (Lipinski definition) is 1. The summed E-state index contributed by atoms with van der Waals surface area (Å²) in [6.07, 6.45) is 19.5. The molecule has 67 heavy (non-hydrogen) atoms. The lowest BCUT2D eigenvalue weighted by atomic mass is 9.19. The fourth-order valence-electron chi connectivity index (χ4n) is 13.9. The lowest BCUT2D eigenvalue weighted by Gasteiger charge is -2.59. The molecule has 14 rings (SSSR count). The Morgan fingerprint density at radius 3 is 1.34 bits per heavy atom. The van der Waals surface area contributed by atoms with Crippen LogP contribution in [0, 0.1) is 11.8 Å². The molecule has 2 nitrogen and oxygen atoms in total. The second kappa shape index (κ2) is 15.0. The number of allylic oxidation sites excluding steroid dienone is 8.